The van der Waals surface area contributed by atoms with Crippen LogP contribution in [0.2, 0.25) is 0 Å². The normalized spacial score (nSPS) is 19.5. The van der Waals surface area contributed by atoms with Gasteiger partial charge in [0.05, 0.1) is 24.5 Å². The lowest BCUT2D eigenvalue weighted by molar-refractivity contribution is -0.671. The largest absolute Gasteiger partial charge is 0.731 e. The number of aliphatic carboxylic acids is 1. The Balaban J connectivity index is 1.29. The number of aromatic nitrogens is 5. The highest BCUT2D eigenvalue weighted by Gasteiger charge is 2.55. The van der Waals surface area contributed by atoms with E-state index in [-0.39, 0.29) is 34.5 Å². The van der Waals surface area contributed by atoms with Crippen LogP contribution >= 0.6 is 11.3 Å². The van der Waals surface area contributed by atoms with E-state index in [9.17, 15) is 32.5 Å². The Bertz CT molecular complexity index is 1700. The number of nitrogen functional groups attached to an aromatic ring is 1. The molecule has 5 rings (SSSR count). The molecule has 5 N–H and O–H groups in total. The van der Waals surface area contributed by atoms with E-state index < -0.39 is 51.5 Å². The smallest absolute Gasteiger partial charge is 0.350 e. The van der Waals surface area contributed by atoms with Crippen molar-refractivity contribution in [3.8, 4) is 0 Å². The number of anilines is 1. The SMILES string of the molecule is C[n+]1cccc(CNCc2cnn(C[C@@H]3[C@H](NC(=O)/C(=N\OC4(C(=O)O)CC4)c4csc(N)n4)C(=O)N3S(=O)(=O)[O-])n2)c1. The predicted octanol–water partition coefficient (Wildman–Crippen LogP) is -2.37. The van der Waals surface area contributed by atoms with E-state index in [1.165, 1.54) is 11.6 Å². The average molecular weight is 635 g/mol. The van der Waals surface area contributed by atoms with Gasteiger partial charge in [0.2, 0.25) is 5.60 Å². The third kappa shape index (κ3) is 6.61. The zero-order chi connectivity index (χ0) is 30.9. The summed E-state index contributed by atoms with van der Waals surface area (Å²) in [5, 5.41) is 28.4. The first kappa shape index (κ1) is 29.9. The number of nitrogens with two attached hydrogens (primary N) is 1. The number of β-lactam (4-membered cyclic amide) rings is 1. The van der Waals surface area contributed by atoms with Crippen molar-refractivity contribution in [3.05, 3.63) is 53.1 Å². The van der Waals surface area contributed by atoms with E-state index in [1.807, 2.05) is 36.1 Å². The molecule has 1 aliphatic heterocycles. The highest BCUT2D eigenvalue weighted by molar-refractivity contribution is 7.84. The molecule has 228 valence electrons. The van der Waals surface area contributed by atoms with Crippen molar-refractivity contribution < 1.29 is 41.9 Å². The van der Waals surface area contributed by atoms with Crippen LogP contribution < -0.4 is 20.9 Å². The number of rotatable bonds is 13. The number of amides is 2. The average Bonchev–Trinajstić information content (AvgIpc) is 3.40. The van der Waals surface area contributed by atoms with Crippen LogP contribution in [0, 0.1) is 0 Å². The fraction of sp³-hybridized carbons (Fsp3) is 0.391. The number of thiazole rings is 1. The molecule has 0 unspecified atom stereocenters. The van der Waals surface area contributed by atoms with E-state index in [0.29, 0.717) is 18.8 Å². The molecular weight excluding hydrogens is 608 g/mol. The zero-order valence-electron chi connectivity index (χ0n) is 22.5. The third-order valence-electron chi connectivity index (χ3n) is 6.65. The lowest BCUT2D eigenvalue weighted by atomic mass is 9.98. The minimum absolute atomic E-state index is 0.0621. The number of hydrogen-bond acceptors (Lipinski definition) is 14. The first-order valence-corrected chi connectivity index (χ1v) is 15.0. The van der Waals surface area contributed by atoms with Crippen molar-refractivity contribution in [1.82, 2.24) is 34.9 Å². The molecule has 2 fully saturated rings. The van der Waals surface area contributed by atoms with E-state index in [1.54, 1.807) is 0 Å². The molecule has 0 aromatic carbocycles. The van der Waals surface area contributed by atoms with Gasteiger partial charge in [-0.3, -0.25) is 9.59 Å². The van der Waals surface area contributed by atoms with Gasteiger partial charge in [-0.2, -0.15) is 15.0 Å². The summed E-state index contributed by atoms with van der Waals surface area (Å²) in [6.45, 7) is 0.516. The lowest BCUT2D eigenvalue weighted by Gasteiger charge is -2.46. The number of nitrogens with zero attached hydrogens (tertiary/aromatic N) is 7. The van der Waals surface area contributed by atoms with Gasteiger partial charge in [0.1, 0.15) is 18.8 Å². The quantitative estimate of drug-likeness (QED) is 0.0505. The van der Waals surface area contributed by atoms with Crippen LogP contribution in [0.3, 0.4) is 0 Å². The molecule has 2 amide bonds. The standard InChI is InChI=1S/C23H26N10O8S2/c1-31-6-2-3-13(10-31)7-25-8-14-9-26-32(29-14)11-16-18(20(35)33(16)43(38,39)40)28-19(34)17(15-12-42-22(24)27-15)30-41-23(4-5-23)21(36)37/h2-3,6,9-10,12,16,18,25H,4-5,7-8,11H2,1H3,(H4-,24,27,28,34,36,37,38,39,40)/b30-17-/t16-,18+/m1/s1. The molecule has 2 aliphatic rings. The van der Waals surface area contributed by atoms with Crippen LogP contribution in [-0.2, 0) is 56.2 Å². The van der Waals surface area contributed by atoms with Gasteiger partial charge >= 0.3 is 5.97 Å². The van der Waals surface area contributed by atoms with Crippen LogP contribution in [0.4, 0.5) is 5.13 Å². The Morgan fingerprint density at radius 3 is 2.77 bits per heavy atom. The van der Waals surface area contributed by atoms with Crippen LogP contribution in [0.1, 0.15) is 29.8 Å². The van der Waals surface area contributed by atoms with E-state index in [0.717, 1.165) is 21.7 Å². The highest BCUT2D eigenvalue weighted by Crippen LogP contribution is 2.40. The number of carbonyl (C=O) groups excluding carboxylic acids is 2. The number of oxime groups is 1. The topological polar surface area (TPSA) is 251 Å². The molecule has 20 heteroatoms. The molecule has 3 aromatic rings. The van der Waals surface area contributed by atoms with Crippen molar-refractivity contribution in [2.24, 2.45) is 12.2 Å². The molecule has 2 atom stereocenters. The van der Waals surface area contributed by atoms with Crippen LogP contribution in [0.15, 0.2) is 41.3 Å². The summed E-state index contributed by atoms with van der Waals surface area (Å²) in [5.74, 6) is -3.49. The number of nitrogens with one attached hydrogen (secondary N) is 2. The molecule has 1 aliphatic carbocycles. The Morgan fingerprint density at radius 2 is 2.14 bits per heavy atom. The maximum absolute atomic E-state index is 13.2. The summed E-state index contributed by atoms with van der Waals surface area (Å²) in [5.41, 5.74) is 5.05. The molecule has 43 heavy (non-hydrogen) atoms. The number of carbonyl (C=O) groups is 3. The van der Waals surface area contributed by atoms with E-state index in [4.69, 9.17) is 10.6 Å². The van der Waals surface area contributed by atoms with Gasteiger partial charge in [-0.05, 0) is 6.07 Å². The zero-order valence-corrected chi connectivity index (χ0v) is 24.1. The summed E-state index contributed by atoms with van der Waals surface area (Å²) in [6, 6.07) is 1.00. The van der Waals surface area contributed by atoms with Crippen molar-refractivity contribution in [3.63, 3.8) is 0 Å². The van der Waals surface area contributed by atoms with Crippen molar-refractivity contribution in [2.75, 3.05) is 5.73 Å². The first-order chi connectivity index (χ1) is 20.4. The summed E-state index contributed by atoms with van der Waals surface area (Å²) >= 11 is 0.970. The van der Waals surface area contributed by atoms with Crippen LogP contribution in [0.5, 0.6) is 0 Å². The van der Waals surface area contributed by atoms with Crippen molar-refractivity contribution in [1.29, 1.82) is 0 Å². The Kier molecular flexibility index (Phi) is 8.10. The lowest BCUT2D eigenvalue weighted by Crippen LogP contribution is -2.73. The van der Waals surface area contributed by atoms with Gasteiger partial charge in [0.15, 0.2) is 33.5 Å². The Labute approximate surface area is 248 Å². The maximum Gasteiger partial charge on any atom is 0.350 e. The second-order valence-electron chi connectivity index (χ2n) is 9.88. The van der Waals surface area contributed by atoms with Crippen molar-refractivity contribution >= 4 is 50.3 Å². The van der Waals surface area contributed by atoms with Gasteiger partial charge in [-0.15, -0.1) is 11.3 Å². The van der Waals surface area contributed by atoms with Crippen LogP contribution in [-0.4, -0.2) is 83.5 Å². The second kappa shape index (κ2) is 11.6. The summed E-state index contributed by atoms with van der Waals surface area (Å²) in [6.07, 6.45) is 5.62. The van der Waals surface area contributed by atoms with Gasteiger partial charge in [0, 0.05) is 42.9 Å². The van der Waals surface area contributed by atoms with Gasteiger partial charge in [-0.1, -0.05) is 5.16 Å². The molecule has 1 saturated carbocycles. The van der Waals surface area contributed by atoms with E-state index in [2.05, 4.69) is 31.0 Å². The van der Waals surface area contributed by atoms with Crippen molar-refractivity contribution in [2.45, 2.75) is 50.2 Å². The molecule has 18 nitrogen and oxygen atoms in total. The Morgan fingerprint density at radius 1 is 1.37 bits per heavy atom. The van der Waals surface area contributed by atoms with Crippen LogP contribution in [0.25, 0.3) is 0 Å². The number of aryl methyl sites for hydroxylation is 1. The molecular formula is C23H26N10O8S2. The number of carboxylic acids is 1. The fourth-order valence-electron chi connectivity index (χ4n) is 4.29. The number of carboxylic acid groups (broad SMARTS) is 1. The molecule has 0 bridgehead atoms. The monoisotopic (exact) mass is 634 g/mol. The molecule has 0 spiro atoms. The summed E-state index contributed by atoms with van der Waals surface area (Å²) in [4.78, 5) is 47.7. The molecule has 0 radical (unpaired) electrons. The summed E-state index contributed by atoms with van der Waals surface area (Å²) < 4.78 is 37.6. The molecule has 1 saturated heterocycles. The summed E-state index contributed by atoms with van der Waals surface area (Å²) in [7, 11) is -3.34. The van der Waals surface area contributed by atoms with E-state index >= 15 is 0 Å². The van der Waals surface area contributed by atoms with Gasteiger partial charge < -0.3 is 30.9 Å². The first-order valence-electron chi connectivity index (χ1n) is 12.7. The Hall–Kier alpha value is -4.53. The number of hydrogen-bond donors (Lipinski definition) is 4. The fourth-order valence-corrected chi connectivity index (χ4v) is 5.69. The van der Waals surface area contributed by atoms with Gasteiger partial charge in [0.25, 0.3) is 11.8 Å². The molecule has 3 aromatic heterocycles. The minimum Gasteiger partial charge on any atom is -0.731 e. The second-order valence-corrected chi connectivity index (χ2v) is 12.0. The third-order valence-corrected chi connectivity index (χ3v) is 8.26. The highest BCUT2D eigenvalue weighted by atomic mass is 32.2. The van der Waals surface area contributed by atoms with Gasteiger partial charge in [-0.25, -0.2) is 27.1 Å². The predicted molar refractivity (Wildman–Crippen MR) is 144 cm³/mol. The minimum atomic E-state index is -5.24. The maximum atomic E-state index is 13.2. The molecule has 4 heterocycles. The number of pyridine rings is 1.